The number of carbonyl (C=O) groups is 1. The number of nitrogens with one attached hydrogen (secondary N) is 1. The summed E-state index contributed by atoms with van der Waals surface area (Å²) in [5, 5.41) is 11.9. The van der Waals surface area contributed by atoms with Crippen molar-refractivity contribution in [3.63, 3.8) is 0 Å². The Morgan fingerprint density at radius 3 is 3.00 bits per heavy atom. The molecule has 2 atom stereocenters. The van der Waals surface area contributed by atoms with Crippen molar-refractivity contribution in [2.75, 3.05) is 13.2 Å². The number of pyridine rings is 1. The van der Waals surface area contributed by atoms with Gasteiger partial charge < -0.3 is 24.3 Å². The van der Waals surface area contributed by atoms with Crippen LogP contribution in [0.25, 0.3) is 0 Å². The third kappa shape index (κ3) is 3.93. The van der Waals surface area contributed by atoms with Gasteiger partial charge in [0, 0.05) is 12.3 Å². The molecule has 1 fully saturated rings. The molecule has 1 saturated heterocycles. The molecule has 7 nitrogen and oxygen atoms in total. The number of hydrogen-bond acceptors (Lipinski definition) is 6. The van der Waals surface area contributed by atoms with E-state index in [9.17, 15) is 4.79 Å². The van der Waals surface area contributed by atoms with Crippen molar-refractivity contribution < 1.29 is 23.8 Å². The molecule has 0 saturated carbocycles. The van der Waals surface area contributed by atoms with Gasteiger partial charge in [-0.2, -0.15) is 0 Å². The Balaban J connectivity index is 1.65. The lowest BCUT2D eigenvalue weighted by Gasteiger charge is -2.32. The number of aliphatic hydroxyl groups excluding tert-OH is 1. The van der Waals surface area contributed by atoms with Crippen molar-refractivity contribution in [2.45, 2.75) is 32.1 Å². The number of amides is 1. The molecule has 0 aromatic carbocycles. The first-order chi connectivity index (χ1) is 11.7. The lowest BCUT2D eigenvalue weighted by atomic mass is 10.1. The molecular formula is C17H20N2O5. The van der Waals surface area contributed by atoms with Crippen LogP contribution in [-0.2, 0) is 11.3 Å². The Morgan fingerprint density at radius 1 is 1.42 bits per heavy atom. The zero-order chi connectivity index (χ0) is 16.9. The van der Waals surface area contributed by atoms with Crippen LogP contribution < -0.4 is 10.1 Å². The predicted molar refractivity (Wildman–Crippen MR) is 84.7 cm³/mol. The van der Waals surface area contributed by atoms with E-state index in [1.54, 1.807) is 18.3 Å². The third-order valence-electron chi connectivity index (χ3n) is 3.83. The number of nitrogens with zero attached hydrogens (tertiary/aromatic N) is 1. The highest BCUT2D eigenvalue weighted by Gasteiger charge is 2.30. The Hall–Kier alpha value is -2.38. The number of aryl methyl sites for hydroxylation is 1. The molecule has 0 bridgehead atoms. The van der Waals surface area contributed by atoms with Crippen molar-refractivity contribution in [3.8, 4) is 5.75 Å². The monoisotopic (exact) mass is 332 g/mol. The summed E-state index contributed by atoms with van der Waals surface area (Å²) in [4.78, 5) is 16.5. The van der Waals surface area contributed by atoms with Crippen molar-refractivity contribution >= 4 is 5.91 Å². The van der Waals surface area contributed by atoms with Crippen LogP contribution in [0.1, 0.15) is 28.4 Å². The number of ether oxygens (including phenoxy) is 2. The zero-order valence-electron chi connectivity index (χ0n) is 13.4. The number of aromatic nitrogens is 1. The molecule has 3 rings (SSSR count). The van der Waals surface area contributed by atoms with Crippen LogP contribution in [0.4, 0.5) is 0 Å². The van der Waals surface area contributed by atoms with E-state index in [4.69, 9.17) is 19.0 Å². The highest BCUT2D eigenvalue weighted by molar-refractivity contribution is 5.91. The molecule has 7 heteroatoms. The fourth-order valence-electron chi connectivity index (χ4n) is 2.52. The zero-order valence-corrected chi connectivity index (χ0v) is 13.4. The molecule has 0 radical (unpaired) electrons. The van der Waals surface area contributed by atoms with Crippen LogP contribution >= 0.6 is 0 Å². The van der Waals surface area contributed by atoms with Gasteiger partial charge in [0.05, 0.1) is 18.8 Å². The summed E-state index contributed by atoms with van der Waals surface area (Å²) in [6.07, 6.45) is 1.99. The summed E-state index contributed by atoms with van der Waals surface area (Å²) in [6, 6.07) is 6.63. The van der Waals surface area contributed by atoms with Gasteiger partial charge in [-0.1, -0.05) is 0 Å². The van der Waals surface area contributed by atoms with Crippen LogP contribution in [0.15, 0.2) is 34.9 Å². The average molecular weight is 332 g/mol. The van der Waals surface area contributed by atoms with Crippen molar-refractivity contribution in [1.29, 1.82) is 0 Å². The molecule has 0 aliphatic carbocycles. The molecule has 1 amide bonds. The minimum Gasteiger partial charge on any atom is -0.484 e. The van der Waals surface area contributed by atoms with Crippen LogP contribution in [0.2, 0.25) is 0 Å². The fourth-order valence-corrected chi connectivity index (χ4v) is 2.52. The molecule has 3 heterocycles. The number of furan rings is 1. The first kappa shape index (κ1) is 16.5. The van der Waals surface area contributed by atoms with Crippen molar-refractivity contribution in [3.05, 3.63) is 47.7 Å². The number of carbonyl (C=O) groups excluding carboxylic acids is 1. The molecule has 2 aromatic heterocycles. The highest BCUT2D eigenvalue weighted by atomic mass is 16.5. The fraction of sp³-hybridized carbons (Fsp3) is 0.412. The second-order valence-electron chi connectivity index (χ2n) is 5.66. The van der Waals surface area contributed by atoms with Gasteiger partial charge in [0.15, 0.2) is 5.76 Å². The quantitative estimate of drug-likeness (QED) is 0.860. The van der Waals surface area contributed by atoms with Gasteiger partial charge >= 0.3 is 0 Å². The van der Waals surface area contributed by atoms with Crippen molar-refractivity contribution in [2.24, 2.45) is 0 Å². The Morgan fingerprint density at radius 2 is 2.29 bits per heavy atom. The van der Waals surface area contributed by atoms with Gasteiger partial charge in [-0.05, 0) is 37.6 Å². The topological polar surface area (TPSA) is 93.8 Å². The lowest BCUT2D eigenvalue weighted by Crippen LogP contribution is -2.51. The Kier molecular flexibility index (Phi) is 5.12. The van der Waals surface area contributed by atoms with E-state index < -0.39 is 0 Å². The molecule has 1 aliphatic rings. The number of hydrogen-bond donors (Lipinski definition) is 2. The van der Waals surface area contributed by atoms with Crippen LogP contribution in [0, 0.1) is 6.92 Å². The van der Waals surface area contributed by atoms with Crippen LogP contribution in [-0.4, -0.2) is 41.4 Å². The van der Waals surface area contributed by atoms with Gasteiger partial charge in [-0.15, -0.1) is 0 Å². The average Bonchev–Trinajstić information content (AvgIpc) is 3.08. The van der Waals surface area contributed by atoms with Crippen LogP contribution in [0.3, 0.4) is 0 Å². The summed E-state index contributed by atoms with van der Waals surface area (Å²) < 4.78 is 16.6. The Labute approximate surface area is 139 Å². The molecule has 1 aliphatic heterocycles. The maximum atomic E-state index is 12.3. The van der Waals surface area contributed by atoms with Gasteiger partial charge in [0.25, 0.3) is 5.91 Å². The predicted octanol–water partition coefficient (Wildman–Crippen LogP) is 1.44. The van der Waals surface area contributed by atoms with Crippen LogP contribution in [0.5, 0.6) is 5.75 Å². The summed E-state index contributed by atoms with van der Waals surface area (Å²) >= 11 is 0. The van der Waals surface area contributed by atoms with E-state index in [0.29, 0.717) is 31.1 Å². The summed E-state index contributed by atoms with van der Waals surface area (Å²) in [7, 11) is 0. The molecule has 0 spiro atoms. The van der Waals surface area contributed by atoms with E-state index in [1.165, 1.54) is 0 Å². The molecule has 128 valence electrons. The van der Waals surface area contributed by atoms with E-state index in [1.807, 2.05) is 19.1 Å². The first-order valence-electron chi connectivity index (χ1n) is 7.83. The SMILES string of the molecule is Cc1ccc(O[C@@H]2COCC[C@@H]2NC(=O)c2ccc(CO)o2)cn1. The van der Waals surface area contributed by atoms with E-state index in [2.05, 4.69) is 10.3 Å². The van der Waals surface area contributed by atoms with Gasteiger partial charge in [-0.3, -0.25) is 9.78 Å². The van der Waals surface area contributed by atoms with E-state index in [0.717, 1.165) is 5.69 Å². The molecular weight excluding hydrogens is 312 g/mol. The minimum atomic E-state index is -0.336. The third-order valence-corrected chi connectivity index (χ3v) is 3.83. The second-order valence-corrected chi connectivity index (χ2v) is 5.66. The molecule has 2 N–H and O–H groups in total. The smallest absolute Gasteiger partial charge is 0.287 e. The van der Waals surface area contributed by atoms with Gasteiger partial charge in [-0.25, -0.2) is 0 Å². The molecule has 2 aromatic rings. The lowest BCUT2D eigenvalue weighted by molar-refractivity contribution is -0.0138. The van der Waals surface area contributed by atoms with Crippen molar-refractivity contribution in [1.82, 2.24) is 10.3 Å². The van der Waals surface area contributed by atoms with Gasteiger partial charge in [0.2, 0.25) is 0 Å². The van der Waals surface area contributed by atoms with Gasteiger partial charge in [0.1, 0.15) is 24.2 Å². The normalized spacial score (nSPS) is 20.6. The summed E-state index contributed by atoms with van der Waals surface area (Å²) in [5.74, 6) is 0.820. The molecule has 0 unspecified atom stereocenters. The standard InChI is InChI=1S/C17H20N2O5/c1-11-2-3-12(8-18-11)23-16-10-22-7-6-14(16)19-17(21)15-5-4-13(9-20)24-15/h2-5,8,14,16,20H,6-7,9-10H2,1H3,(H,19,21)/t14-,16+/m0/s1. The highest BCUT2D eigenvalue weighted by Crippen LogP contribution is 2.18. The Bertz CT molecular complexity index is 683. The maximum absolute atomic E-state index is 12.3. The largest absolute Gasteiger partial charge is 0.484 e. The number of aliphatic hydroxyl groups is 1. The van der Waals surface area contributed by atoms with E-state index >= 15 is 0 Å². The summed E-state index contributed by atoms with van der Waals surface area (Å²) in [6.45, 7) is 2.60. The molecule has 24 heavy (non-hydrogen) atoms. The second kappa shape index (κ2) is 7.46. The number of rotatable bonds is 5. The summed E-state index contributed by atoms with van der Waals surface area (Å²) in [5.41, 5.74) is 0.907. The minimum absolute atomic E-state index is 0.168. The first-order valence-corrected chi connectivity index (χ1v) is 7.83. The maximum Gasteiger partial charge on any atom is 0.287 e. The van der Waals surface area contributed by atoms with E-state index in [-0.39, 0.29) is 30.4 Å².